The molecule has 2 N–H and O–H groups in total. The lowest BCUT2D eigenvalue weighted by molar-refractivity contribution is -0.116. The van der Waals surface area contributed by atoms with Gasteiger partial charge in [0, 0.05) is 35.9 Å². The summed E-state index contributed by atoms with van der Waals surface area (Å²) in [5.41, 5.74) is 8.68. The van der Waals surface area contributed by atoms with Crippen LogP contribution in [0, 0.1) is 13.8 Å². The Bertz CT molecular complexity index is 832. The first-order valence-electron chi connectivity index (χ1n) is 7.65. The average Bonchev–Trinajstić information content (AvgIpc) is 3.04. The van der Waals surface area contributed by atoms with Crippen LogP contribution in [-0.4, -0.2) is 45.6 Å². The number of aromatic nitrogens is 3. The summed E-state index contributed by atoms with van der Waals surface area (Å²) in [6.07, 6.45) is 6.58. The summed E-state index contributed by atoms with van der Waals surface area (Å²) in [5, 5.41) is 4.12. The van der Waals surface area contributed by atoms with Crippen molar-refractivity contribution >= 4 is 17.7 Å². The van der Waals surface area contributed by atoms with Crippen LogP contribution < -0.4 is 5.43 Å². The lowest BCUT2D eigenvalue weighted by Crippen LogP contribution is -2.14. The number of nitrogens with one attached hydrogen (secondary N) is 2. The molecular weight excluding hydrogens is 304 g/mol. The standard InChI is InChI=1S/C17H20N6O/c1-10-14(8-23(3)4)11(2)20-15(10)5-13-16(21-22-17(13)24)12-6-18-9-19-7-12/h5-7,9,20H,8H2,1-4H3,(H,22,24)/b13-5+. The molecule has 7 heteroatoms. The summed E-state index contributed by atoms with van der Waals surface area (Å²) in [7, 11) is 4.07. The van der Waals surface area contributed by atoms with E-state index in [1.807, 2.05) is 27.1 Å². The predicted octanol–water partition coefficient (Wildman–Crippen LogP) is 1.40. The smallest absolute Gasteiger partial charge is 0.273 e. The highest BCUT2D eigenvalue weighted by Gasteiger charge is 2.25. The van der Waals surface area contributed by atoms with Gasteiger partial charge >= 0.3 is 0 Å². The van der Waals surface area contributed by atoms with E-state index in [2.05, 4.69) is 37.3 Å². The van der Waals surface area contributed by atoms with Crippen LogP contribution in [0.5, 0.6) is 0 Å². The van der Waals surface area contributed by atoms with Crippen molar-refractivity contribution in [1.82, 2.24) is 25.3 Å². The van der Waals surface area contributed by atoms with Crippen LogP contribution in [0.15, 0.2) is 29.4 Å². The first-order valence-corrected chi connectivity index (χ1v) is 7.65. The molecule has 0 fully saturated rings. The number of hydrogen-bond donors (Lipinski definition) is 2. The molecule has 124 valence electrons. The molecule has 2 aromatic rings. The zero-order valence-electron chi connectivity index (χ0n) is 14.2. The fourth-order valence-corrected chi connectivity index (χ4v) is 2.77. The maximum Gasteiger partial charge on any atom is 0.273 e. The largest absolute Gasteiger partial charge is 0.359 e. The van der Waals surface area contributed by atoms with E-state index >= 15 is 0 Å². The number of carbonyl (C=O) groups excluding carboxylic acids is 1. The molecule has 24 heavy (non-hydrogen) atoms. The zero-order valence-corrected chi connectivity index (χ0v) is 14.2. The second-order valence-corrected chi connectivity index (χ2v) is 6.09. The summed E-state index contributed by atoms with van der Waals surface area (Å²) in [4.78, 5) is 25.7. The lowest BCUT2D eigenvalue weighted by Gasteiger charge is -2.10. The number of rotatable bonds is 4. The third-order valence-corrected chi connectivity index (χ3v) is 4.00. The fraction of sp³-hybridized carbons (Fsp3) is 0.294. The SMILES string of the molecule is Cc1[nH]c(/C=C2/C(=O)NN=C2c2cncnc2)c(C)c1CN(C)C. The monoisotopic (exact) mass is 324 g/mol. The van der Waals surface area contributed by atoms with Crippen LogP contribution >= 0.6 is 0 Å². The molecule has 1 aliphatic rings. The van der Waals surface area contributed by atoms with Gasteiger partial charge in [0.15, 0.2) is 0 Å². The van der Waals surface area contributed by atoms with Gasteiger partial charge in [-0.2, -0.15) is 5.10 Å². The predicted molar refractivity (Wildman–Crippen MR) is 92.3 cm³/mol. The van der Waals surface area contributed by atoms with Crippen molar-refractivity contribution in [3.05, 3.63) is 52.4 Å². The highest BCUT2D eigenvalue weighted by Crippen LogP contribution is 2.23. The average molecular weight is 324 g/mol. The molecule has 3 heterocycles. The molecule has 0 saturated heterocycles. The van der Waals surface area contributed by atoms with Crippen LogP contribution in [0.2, 0.25) is 0 Å². The minimum atomic E-state index is -0.227. The number of H-pyrrole nitrogens is 1. The van der Waals surface area contributed by atoms with Gasteiger partial charge < -0.3 is 9.88 Å². The Morgan fingerprint density at radius 2 is 1.92 bits per heavy atom. The number of aryl methyl sites for hydroxylation is 1. The van der Waals surface area contributed by atoms with Gasteiger partial charge in [-0.25, -0.2) is 15.4 Å². The van der Waals surface area contributed by atoms with E-state index in [9.17, 15) is 4.79 Å². The summed E-state index contributed by atoms with van der Waals surface area (Å²) < 4.78 is 0. The van der Waals surface area contributed by atoms with Crippen molar-refractivity contribution in [3.8, 4) is 0 Å². The van der Waals surface area contributed by atoms with Gasteiger partial charge in [-0.05, 0) is 45.1 Å². The number of hydrogen-bond acceptors (Lipinski definition) is 5. The number of nitrogens with zero attached hydrogens (tertiary/aromatic N) is 4. The van der Waals surface area contributed by atoms with Crippen molar-refractivity contribution < 1.29 is 4.79 Å². The molecule has 0 aliphatic carbocycles. The summed E-state index contributed by atoms with van der Waals surface area (Å²) >= 11 is 0. The molecule has 0 unspecified atom stereocenters. The normalized spacial score (nSPS) is 16.0. The molecule has 0 atom stereocenters. The van der Waals surface area contributed by atoms with Gasteiger partial charge in [0.1, 0.15) is 12.0 Å². The molecular formula is C17H20N6O. The second-order valence-electron chi connectivity index (χ2n) is 6.09. The molecule has 7 nitrogen and oxygen atoms in total. The van der Waals surface area contributed by atoms with Crippen molar-refractivity contribution in [3.63, 3.8) is 0 Å². The van der Waals surface area contributed by atoms with Crippen molar-refractivity contribution in [2.24, 2.45) is 5.10 Å². The van der Waals surface area contributed by atoms with Gasteiger partial charge in [0.05, 0.1) is 5.57 Å². The molecule has 1 aliphatic heterocycles. The molecule has 0 aromatic carbocycles. The summed E-state index contributed by atoms with van der Waals surface area (Å²) in [5.74, 6) is -0.227. The minimum Gasteiger partial charge on any atom is -0.359 e. The van der Waals surface area contributed by atoms with Crippen LogP contribution in [0.3, 0.4) is 0 Å². The number of carbonyl (C=O) groups is 1. The Morgan fingerprint density at radius 1 is 1.21 bits per heavy atom. The van der Waals surface area contributed by atoms with Crippen molar-refractivity contribution in [1.29, 1.82) is 0 Å². The van der Waals surface area contributed by atoms with E-state index < -0.39 is 0 Å². The molecule has 0 saturated carbocycles. The van der Waals surface area contributed by atoms with Crippen molar-refractivity contribution in [2.45, 2.75) is 20.4 Å². The number of amides is 1. The van der Waals surface area contributed by atoms with E-state index in [4.69, 9.17) is 0 Å². The molecule has 0 radical (unpaired) electrons. The zero-order chi connectivity index (χ0) is 17.3. The quantitative estimate of drug-likeness (QED) is 0.833. The van der Waals surface area contributed by atoms with Crippen LogP contribution in [-0.2, 0) is 11.3 Å². The van der Waals surface area contributed by atoms with Crippen LogP contribution in [0.4, 0.5) is 0 Å². The second kappa shape index (κ2) is 6.37. The van der Waals surface area contributed by atoms with E-state index in [1.54, 1.807) is 12.4 Å². The molecule has 0 bridgehead atoms. The first kappa shape index (κ1) is 16.1. The fourth-order valence-electron chi connectivity index (χ4n) is 2.77. The molecule has 2 aromatic heterocycles. The minimum absolute atomic E-state index is 0.227. The van der Waals surface area contributed by atoms with E-state index in [1.165, 1.54) is 11.9 Å². The Morgan fingerprint density at radius 3 is 2.58 bits per heavy atom. The molecule has 1 amide bonds. The number of hydrazone groups is 1. The lowest BCUT2D eigenvalue weighted by atomic mass is 10.0. The van der Waals surface area contributed by atoms with Gasteiger partial charge in [-0.3, -0.25) is 4.79 Å². The Kier molecular flexibility index (Phi) is 4.26. The van der Waals surface area contributed by atoms with Crippen molar-refractivity contribution in [2.75, 3.05) is 14.1 Å². The van der Waals surface area contributed by atoms with E-state index in [0.717, 1.165) is 23.5 Å². The van der Waals surface area contributed by atoms with Gasteiger partial charge in [0.2, 0.25) is 0 Å². The first-order chi connectivity index (χ1) is 11.5. The maximum absolute atomic E-state index is 12.2. The Labute approximate surface area is 140 Å². The summed E-state index contributed by atoms with van der Waals surface area (Å²) in [6.45, 7) is 4.95. The van der Waals surface area contributed by atoms with E-state index in [0.29, 0.717) is 16.8 Å². The van der Waals surface area contributed by atoms with Crippen LogP contribution in [0.1, 0.15) is 28.1 Å². The topological polar surface area (TPSA) is 86.3 Å². The number of aromatic amines is 1. The Hall–Kier alpha value is -2.80. The van der Waals surface area contributed by atoms with E-state index in [-0.39, 0.29) is 5.91 Å². The third kappa shape index (κ3) is 2.98. The molecule has 0 spiro atoms. The highest BCUT2D eigenvalue weighted by atomic mass is 16.2. The summed E-state index contributed by atoms with van der Waals surface area (Å²) in [6, 6.07) is 0. The van der Waals surface area contributed by atoms with Gasteiger partial charge in [-0.15, -0.1) is 0 Å². The van der Waals surface area contributed by atoms with Gasteiger partial charge in [0.25, 0.3) is 5.91 Å². The Balaban J connectivity index is 2.01. The maximum atomic E-state index is 12.2. The molecule has 3 rings (SSSR count). The third-order valence-electron chi connectivity index (χ3n) is 4.00. The van der Waals surface area contributed by atoms with Gasteiger partial charge in [-0.1, -0.05) is 0 Å². The highest BCUT2D eigenvalue weighted by molar-refractivity contribution is 6.33. The van der Waals surface area contributed by atoms with Crippen LogP contribution in [0.25, 0.3) is 6.08 Å².